The van der Waals surface area contributed by atoms with Crippen LogP contribution in [0.4, 0.5) is 5.69 Å². The van der Waals surface area contributed by atoms with Gasteiger partial charge >= 0.3 is 5.97 Å². The van der Waals surface area contributed by atoms with Gasteiger partial charge in [-0.25, -0.2) is 4.98 Å². The van der Waals surface area contributed by atoms with Gasteiger partial charge in [-0.05, 0) is 32.4 Å². The van der Waals surface area contributed by atoms with E-state index in [0.717, 1.165) is 16.5 Å². The van der Waals surface area contributed by atoms with Crippen LogP contribution in [0.2, 0.25) is 0 Å². The Morgan fingerprint density at radius 2 is 2.00 bits per heavy atom. The number of nitro benzene ring substituents is 1. The van der Waals surface area contributed by atoms with Crippen LogP contribution >= 0.6 is 11.3 Å². The van der Waals surface area contributed by atoms with Crippen LogP contribution in [0.5, 0.6) is 0 Å². The number of hydrogen-bond acceptors (Lipinski definition) is 9. The van der Waals surface area contributed by atoms with E-state index in [0.29, 0.717) is 15.1 Å². The number of imide groups is 1. The van der Waals surface area contributed by atoms with Crippen molar-refractivity contribution < 1.29 is 24.0 Å². The molecule has 3 aromatic rings. The predicted molar refractivity (Wildman–Crippen MR) is 113 cm³/mol. The summed E-state index contributed by atoms with van der Waals surface area (Å²) in [6.45, 7) is 4.44. The molecule has 0 fully saturated rings. The third-order valence-electron chi connectivity index (χ3n) is 5.21. The summed E-state index contributed by atoms with van der Waals surface area (Å²) in [5.74, 6) is -2.58. The highest BCUT2D eigenvalue weighted by molar-refractivity contribution is 7.18. The van der Waals surface area contributed by atoms with E-state index in [2.05, 4.69) is 9.97 Å². The third kappa shape index (κ3) is 3.34. The molecular formula is C20H16N4O7S. The van der Waals surface area contributed by atoms with Crippen molar-refractivity contribution in [3.05, 3.63) is 66.1 Å². The summed E-state index contributed by atoms with van der Waals surface area (Å²) < 4.78 is 5.27. The van der Waals surface area contributed by atoms with E-state index in [1.165, 1.54) is 30.4 Å². The minimum Gasteiger partial charge on any atom is -0.453 e. The lowest BCUT2D eigenvalue weighted by atomic mass is 10.1. The minimum absolute atomic E-state index is 0.120. The van der Waals surface area contributed by atoms with Gasteiger partial charge < -0.3 is 9.72 Å². The van der Waals surface area contributed by atoms with Gasteiger partial charge in [0.1, 0.15) is 16.9 Å². The van der Waals surface area contributed by atoms with Crippen LogP contribution in [0.3, 0.4) is 0 Å². The fourth-order valence-electron chi connectivity index (χ4n) is 3.49. The molecule has 0 saturated heterocycles. The van der Waals surface area contributed by atoms with Crippen LogP contribution in [0.15, 0.2) is 23.0 Å². The number of esters is 1. The molecule has 4 rings (SSSR count). The van der Waals surface area contributed by atoms with Gasteiger partial charge in [0.05, 0.1) is 15.9 Å². The van der Waals surface area contributed by atoms with Crippen LogP contribution in [-0.2, 0) is 9.53 Å². The van der Waals surface area contributed by atoms with Crippen LogP contribution in [0.1, 0.15) is 50.0 Å². The average Bonchev–Trinajstić information content (AvgIpc) is 3.16. The quantitative estimate of drug-likeness (QED) is 0.266. The Labute approximate surface area is 183 Å². The van der Waals surface area contributed by atoms with Crippen LogP contribution in [0, 0.1) is 24.0 Å². The van der Waals surface area contributed by atoms with Gasteiger partial charge in [0.15, 0.2) is 11.9 Å². The molecule has 1 atom stereocenters. The SMILES string of the molecule is Cc1sc2nc(C(C)OC(=O)CN3C(=O)c4cccc([N+](=O)[O-])c4C3=O)[nH]c(=O)c2c1C. The zero-order valence-corrected chi connectivity index (χ0v) is 17.9. The van der Waals surface area contributed by atoms with Crippen molar-refractivity contribution in [3.8, 4) is 0 Å². The summed E-state index contributed by atoms with van der Waals surface area (Å²) in [6.07, 6.45) is -0.966. The van der Waals surface area contributed by atoms with Gasteiger partial charge in [0.2, 0.25) is 0 Å². The molecule has 2 aromatic heterocycles. The first kappa shape index (κ1) is 21.3. The number of carbonyl (C=O) groups excluding carboxylic acids is 3. The van der Waals surface area contributed by atoms with E-state index in [1.807, 2.05) is 13.8 Å². The largest absolute Gasteiger partial charge is 0.453 e. The third-order valence-corrected chi connectivity index (χ3v) is 6.31. The number of aryl methyl sites for hydroxylation is 2. The summed E-state index contributed by atoms with van der Waals surface area (Å²) >= 11 is 1.34. The Kier molecular flexibility index (Phi) is 5.09. The summed E-state index contributed by atoms with van der Waals surface area (Å²) in [5.41, 5.74) is -0.549. The summed E-state index contributed by atoms with van der Waals surface area (Å²) in [7, 11) is 0. The van der Waals surface area contributed by atoms with Crippen molar-refractivity contribution in [2.24, 2.45) is 0 Å². The van der Waals surface area contributed by atoms with E-state index in [1.54, 1.807) is 0 Å². The number of carbonyl (C=O) groups is 3. The average molecular weight is 456 g/mol. The van der Waals surface area contributed by atoms with Crippen LogP contribution in [0.25, 0.3) is 10.2 Å². The van der Waals surface area contributed by atoms with Gasteiger partial charge in [-0.1, -0.05) is 6.07 Å². The second-order valence-corrected chi connectivity index (χ2v) is 8.40. The highest BCUT2D eigenvalue weighted by atomic mass is 32.1. The Hall–Kier alpha value is -3.93. The first-order valence-corrected chi connectivity index (χ1v) is 10.2. The zero-order valence-electron chi connectivity index (χ0n) is 17.1. The van der Waals surface area contributed by atoms with E-state index >= 15 is 0 Å². The molecule has 1 unspecified atom stereocenters. The molecule has 12 heteroatoms. The number of aromatic amines is 1. The van der Waals surface area contributed by atoms with Crippen LogP contribution < -0.4 is 5.56 Å². The summed E-state index contributed by atoms with van der Waals surface area (Å²) in [6, 6.07) is 3.68. The van der Waals surface area contributed by atoms with E-state index < -0.39 is 41.0 Å². The van der Waals surface area contributed by atoms with Crippen molar-refractivity contribution in [1.82, 2.24) is 14.9 Å². The van der Waals surface area contributed by atoms with Crippen molar-refractivity contribution in [2.45, 2.75) is 26.9 Å². The maximum absolute atomic E-state index is 12.6. The smallest absolute Gasteiger partial charge is 0.326 e. The number of nitro groups is 1. The lowest BCUT2D eigenvalue weighted by Gasteiger charge is -2.16. The van der Waals surface area contributed by atoms with Crippen molar-refractivity contribution >= 4 is 45.0 Å². The van der Waals surface area contributed by atoms with Gasteiger partial charge in [-0.2, -0.15) is 0 Å². The number of H-pyrrole nitrogens is 1. The molecule has 164 valence electrons. The second kappa shape index (κ2) is 7.64. The van der Waals surface area contributed by atoms with E-state index in [9.17, 15) is 29.3 Å². The number of thiophene rings is 1. The normalized spacial score (nSPS) is 14.0. The molecule has 0 saturated carbocycles. The number of fused-ring (bicyclic) bond motifs is 2. The Bertz CT molecular complexity index is 1390. The van der Waals surface area contributed by atoms with Crippen LogP contribution in [-0.4, -0.2) is 44.1 Å². The fourth-order valence-corrected chi connectivity index (χ4v) is 4.53. The van der Waals surface area contributed by atoms with Gasteiger partial charge in [-0.3, -0.25) is 34.2 Å². The molecule has 0 aliphatic carbocycles. The number of nitrogens with zero attached hydrogens (tertiary/aromatic N) is 3. The molecular weight excluding hydrogens is 440 g/mol. The maximum atomic E-state index is 12.6. The van der Waals surface area contributed by atoms with Crippen molar-refractivity contribution in [2.75, 3.05) is 6.54 Å². The van der Waals surface area contributed by atoms with E-state index in [4.69, 9.17) is 4.74 Å². The van der Waals surface area contributed by atoms with Gasteiger partial charge in [0, 0.05) is 10.9 Å². The van der Waals surface area contributed by atoms with Crippen molar-refractivity contribution in [1.29, 1.82) is 0 Å². The number of nitrogens with one attached hydrogen (secondary N) is 1. The fraction of sp³-hybridized carbons (Fsp3) is 0.250. The summed E-state index contributed by atoms with van der Waals surface area (Å²) in [5, 5.41) is 11.7. The number of amides is 2. The predicted octanol–water partition coefficient (Wildman–Crippen LogP) is 2.41. The lowest BCUT2D eigenvalue weighted by Crippen LogP contribution is -2.36. The highest BCUT2D eigenvalue weighted by Crippen LogP contribution is 2.31. The number of aromatic nitrogens is 2. The Balaban J connectivity index is 1.53. The monoisotopic (exact) mass is 456 g/mol. The maximum Gasteiger partial charge on any atom is 0.326 e. The Morgan fingerprint density at radius 3 is 2.69 bits per heavy atom. The molecule has 0 radical (unpaired) electrons. The Morgan fingerprint density at radius 1 is 1.28 bits per heavy atom. The highest BCUT2D eigenvalue weighted by Gasteiger charge is 2.42. The summed E-state index contributed by atoms with van der Waals surface area (Å²) in [4.78, 5) is 69.4. The zero-order chi connectivity index (χ0) is 23.3. The molecule has 0 spiro atoms. The molecule has 1 aromatic carbocycles. The number of benzene rings is 1. The molecule has 1 aliphatic heterocycles. The molecule has 11 nitrogen and oxygen atoms in total. The molecule has 0 bridgehead atoms. The van der Waals surface area contributed by atoms with E-state index in [-0.39, 0.29) is 22.5 Å². The number of rotatable bonds is 5. The first-order chi connectivity index (χ1) is 15.1. The molecule has 32 heavy (non-hydrogen) atoms. The van der Waals surface area contributed by atoms with Crippen molar-refractivity contribution in [3.63, 3.8) is 0 Å². The molecule has 3 heterocycles. The van der Waals surface area contributed by atoms with Gasteiger partial charge in [-0.15, -0.1) is 11.3 Å². The minimum atomic E-state index is -0.966. The number of hydrogen-bond donors (Lipinski definition) is 1. The molecule has 1 aliphatic rings. The second-order valence-electron chi connectivity index (χ2n) is 7.20. The topological polar surface area (TPSA) is 153 Å². The van der Waals surface area contributed by atoms with Gasteiger partial charge in [0.25, 0.3) is 23.1 Å². The first-order valence-electron chi connectivity index (χ1n) is 9.43. The standard InChI is InChI=1S/C20H16N4O7S/c1-8-10(3)32-18-14(8)17(26)21-16(22-18)9(2)31-13(25)7-23-19(27)11-5-4-6-12(24(29)30)15(11)20(23)28/h4-6,9H,7H2,1-3H3,(H,21,22,26). The lowest BCUT2D eigenvalue weighted by molar-refractivity contribution is -0.385. The molecule has 1 N–H and O–H groups in total. The number of ether oxygens (including phenoxy) is 1. The molecule has 2 amide bonds.